The standard InChI is InChI=1S/C8H14N2O5S/c1-8(2)7(13)9-3-4-10(8)16(14,15)5-6(11)12/h3-5H2,1-2H3,(H,9,13)(H,11,12). The van der Waals surface area contributed by atoms with Gasteiger partial charge in [-0.25, -0.2) is 8.42 Å². The van der Waals surface area contributed by atoms with Crippen molar-refractivity contribution in [3.8, 4) is 0 Å². The zero-order chi connectivity index (χ0) is 12.6. The van der Waals surface area contributed by atoms with E-state index in [4.69, 9.17) is 5.11 Å². The van der Waals surface area contributed by atoms with Gasteiger partial charge in [0.05, 0.1) is 0 Å². The Kier molecular flexibility index (Phi) is 3.25. The van der Waals surface area contributed by atoms with E-state index in [0.717, 1.165) is 4.31 Å². The molecule has 0 bridgehead atoms. The highest BCUT2D eigenvalue weighted by Gasteiger charge is 2.44. The topological polar surface area (TPSA) is 104 Å². The molecule has 0 aliphatic carbocycles. The van der Waals surface area contributed by atoms with Crippen LogP contribution >= 0.6 is 0 Å². The van der Waals surface area contributed by atoms with Crippen molar-refractivity contribution in [2.24, 2.45) is 0 Å². The molecule has 2 N–H and O–H groups in total. The number of carboxylic acid groups (broad SMARTS) is 1. The van der Waals surface area contributed by atoms with Gasteiger partial charge in [-0.15, -0.1) is 0 Å². The third-order valence-corrected chi connectivity index (χ3v) is 4.34. The van der Waals surface area contributed by atoms with Gasteiger partial charge in [-0.2, -0.15) is 4.31 Å². The number of hydrogen-bond donors (Lipinski definition) is 2. The van der Waals surface area contributed by atoms with Crippen LogP contribution in [0.5, 0.6) is 0 Å². The molecule has 0 spiro atoms. The summed E-state index contributed by atoms with van der Waals surface area (Å²) in [6.45, 7) is 3.18. The van der Waals surface area contributed by atoms with E-state index in [2.05, 4.69) is 5.32 Å². The van der Waals surface area contributed by atoms with Gasteiger partial charge in [0.15, 0.2) is 5.75 Å². The molecule has 1 aliphatic rings. The summed E-state index contributed by atoms with van der Waals surface area (Å²) in [7, 11) is -3.95. The van der Waals surface area contributed by atoms with E-state index >= 15 is 0 Å². The second kappa shape index (κ2) is 4.02. The predicted octanol–water partition coefficient (Wildman–Crippen LogP) is -1.39. The molecule has 1 fully saturated rings. The van der Waals surface area contributed by atoms with Gasteiger partial charge in [-0.3, -0.25) is 9.59 Å². The molecule has 1 amide bonds. The van der Waals surface area contributed by atoms with E-state index in [0.29, 0.717) is 0 Å². The maximum absolute atomic E-state index is 11.7. The van der Waals surface area contributed by atoms with Gasteiger partial charge in [0.2, 0.25) is 15.9 Å². The van der Waals surface area contributed by atoms with Gasteiger partial charge in [-0.05, 0) is 13.8 Å². The molecule has 0 saturated carbocycles. The van der Waals surface area contributed by atoms with Crippen molar-refractivity contribution >= 4 is 21.9 Å². The Labute approximate surface area is 93.5 Å². The lowest BCUT2D eigenvalue weighted by atomic mass is 10.0. The lowest BCUT2D eigenvalue weighted by molar-refractivity contribution is -0.135. The average Bonchev–Trinajstić information content (AvgIpc) is 2.06. The van der Waals surface area contributed by atoms with E-state index in [1.807, 2.05) is 0 Å². The molecule has 0 aromatic rings. The van der Waals surface area contributed by atoms with Gasteiger partial charge in [0.1, 0.15) is 5.54 Å². The summed E-state index contributed by atoms with van der Waals surface area (Å²) in [6.07, 6.45) is 0. The van der Waals surface area contributed by atoms with Gasteiger partial charge in [-0.1, -0.05) is 0 Å². The van der Waals surface area contributed by atoms with Crippen LogP contribution in [0.2, 0.25) is 0 Å². The minimum Gasteiger partial charge on any atom is -0.480 e. The Bertz CT molecular complexity index is 414. The summed E-state index contributed by atoms with van der Waals surface area (Å²) in [6, 6.07) is 0. The molecule has 8 heteroatoms. The molecule has 0 radical (unpaired) electrons. The number of rotatable bonds is 3. The molecule has 92 valence electrons. The normalized spacial score (nSPS) is 21.5. The lowest BCUT2D eigenvalue weighted by Crippen LogP contribution is -2.63. The fourth-order valence-electron chi connectivity index (χ4n) is 1.60. The molecule has 0 atom stereocenters. The molecule has 1 aliphatic heterocycles. The molecule has 1 heterocycles. The maximum Gasteiger partial charge on any atom is 0.320 e. The van der Waals surface area contributed by atoms with Crippen LogP contribution in [-0.2, 0) is 19.6 Å². The number of nitrogens with one attached hydrogen (secondary N) is 1. The number of carboxylic acids is 1. The largest absolute Gasteiger partial charge is 0.480 e. The number of carbonyl (C=O) groups excluding carboxylic acids is 1. The third-order valence-electron chi connectivity index (χ3n) is 2.42. The Morgan fingerprint density at radius 1 is 1.56 bits per heavy atom. The van der Waals surface area contributed by atoms with Crippen molar-refractivity contribution in [3.63, 3.8) is 0 Å². The highest BCUT2D eigenvalue weighted by atomic mass is 32.2. The second-order valence-electron chi connectivity index (χ2n) is 4.04. The Morgan fingerprint density at radius 3 is 2.62 bits per heavy atom. The lowest BCUT2D eigenvalue weighted by Gasteiger charge is -2.39. The zero-order valence-corrected chi connectivity index (χ0v) is 9.87. The molecular weight excluding hydrogens is 236 g/mol. The minimum atomic E-state index is -3.95. The monoisotopic (exact) mass is 250 g/mol. The number of carbonyl (C=O) groups is 2. The first-order valence-corrected chi connectivity index (χ1v) is 6.29. The second-order valence-corrected chi connectivity index (χ2v) is 5.93. The summed E-state index contributed by atoms with van der Waals surface area (Å²) in [5.41, 5.74) is -1.24. The molecule has 7 nitrogen and oxygen atoms in total. The SMILES string of the molecule is CC1(C)C(=O)NCCN1S(=O)(=O)CC(=O)O. The smallest absolute Gasteiger partial charge is 0.320 e. The quantitative estimate of drug-likeness (QED) is 0.642. The van der Waals surface area contributed by atoms with Crippen LogP contribution in [-0.4, -0.2) is 54.1 Å². The van der Waals surface area contributed by atoms with Crippen molar-refractivity contribution in [1.82, 2.24) is 9.62 Å². The Hall–Kier alpha value is -1.15. The summed E-state index contributed by atoms with van der Waals surface area (Å²) in [5, 5.41) is 11.0. The molecule has 1 saturated heterocycles. The molecule has 0 unspecified atom stereocenters. The molecular formula is C8H14N2O5S. The molecule has 0 aromatic heterocycles. The summed E-state index contributed by atoms with van der Waals surface area (Å²) < 4.78 is 24.4. The average molecular weight is 250 g/mol. The number of hydrogen-bond acceptors (Lipinski definition) is 4. The van der Waals surface area contributed by atoms with E-state index < -0.39 is 33.2 Å². The van der Waals surface area contributed by atoms with Crippen LogP contribution in [0.3, 0.4) is 0 Å². The van der Waals surface area contributed by atoms with E-state index in [-0.39, 0.29) is 13.1 Å². The molecule has 16 heavy (non-hydrogen) atoms. The van der Waals surface area contributed by atoms with Crippen molar-refractivity contribution < 1.29 is 23.1 Å². The molecule has 1 rings (SSSR count). The van der Waals surface area contributed by atoms with Crippen LogP contribution in [0.15, 0.2) is 0 Å². The minimum absolute atomic E-state index is 0.0916. The number of sulfonamides is 1. The van der Waals surface area contributed by atoms with Gasteiger partial charge in [0, 0.05) is 13.1 Å². The van der Waals surface area contributed by atoms with Crippen molar-refractivity contribution in [2.45, 2.75) is 19.4 Å². The number of amides is 1. The van der Waals surface area contributed by atoms with Gasteiger partial charge >= 0.3 is 5.97 Å². The van der Waals surface area contributed by atoms with Crippen LogP contribution in [0.25, 0.3) is 0 Å². The van der Waals surface area contributed by atoms with Crippen molar-refractivity contribution in [1.29, 1.82) is 0 Å². The number of piperazine rings is 1. The molecule has 0 aromatic carbocycles. The van der Waals surface area contributed by atoms with E-state index in [9.17, 15) is 18.0 Å². The van der Waals surface area contributed by atoms with Crippen molar-refractivity contribution in [3.05, 3.63) is 0 Å². The van der Waals surface area contributed by atoms with Crippen LogP contribution < -0.4 is 5.32 Å². The van der Waals surface area contributed by atoms with Crippen LogP contribution in [0.4, 0.5) is 0 Å². The summed E-state index contributed by atoms with van der Waals surface area (Å²) in [4.78, 5) is 21.9. The summed E-state index contributed by atoms with van der Waals surface area (Å²) in [5.74, 6) is -2.85. The first-order valence-electron chi connectivity index (χ1n) is 4.68. The highest BCUT2D eigenvalue weighted by molar-refractivity contribution is 7.89. The Balaban J connectivity index is 3.03. The summed E-state index contributed by atoms with van der Waals surface area (Å²) >= 11 is 0. The zero-order valence-electron chi connectivity index (χ0n) is 9.06. The van der Waals surface area contributed by atoms with E-state index in [1.54, 1.807) is 0 Å². The Morgan fingerprint density at radius 2 is 2.12 bits per heavy atom. The number of nitrogens with zero attached hydrogens (tertiary/aromatic N) is 1. The van der Waals surface area contributed by atoms with Gasteiger partial charge in [0.25, 0.3) is 0 Å². The fraction of sp³-hybridized carbons (Fsp3) is 0.750. The highest BCUT2D eigenvalue weighted by Crippen LogP contribution is 2.21. The fourth-order valence-corrected chi connectivity index (χ4v) is 3.22. The third kappa shape index (κ3) is 2.33. The first-order chi connectivity index (χ1) is 7.18. The first kappa shape index (κ1) is 12.9. The van der Waals surface area contributed by atoms with E-state index in [1.165, 1.54) is 13.8 Å². The maximum atomic E-state index is 11.7. The number of aliphatic carboxylic acids is 1. The van der Waals surface area contributed by atoms with Crippen molar-refractivity contribution in [2.75, 3.05) is 18.8 Å². The van der Waals surface area contributed by atoms with Crippen LogP contribution in [0.1, 0.15) is 13.8 Å². The predicted molar refractivity (Wildman–Crippen MR) is 55.2 cm³/mol. The van der Waals surface area contributed by atoms with Gasteiger partial charge < -0.3 is 10.4 Å². The van der Waals surface area contributed by atoms with Crippen LogP contribution in [0, 0.1) is 0 Å².